The minimum atomic E-state index is -0.0581. The monoisotopic (exact) mass is 404 g/mol. The quantitative estimate of drug-likeness (QED) is 0.499. The second kappa shape index (κ2) is 7.64. The zero-order valence-electron chi connectivity index (χ0n) is 16.6. The molecule has 0 spiro atoms. The fourth-order valence-corrected chi connectivity index (χ4v) is 3.58. The minimum absolute atomic E-state index is 0.0581. The van der Waals surface area contributed by atoms with Crippen LogP contribution < -0.4 is 9.47 Å². The van der Waals surface area contributed by atoms with Crippen molar-refractivity contribution in [2.24, 2.45) is 0 Å². The molecule has 30 heavy (non-hydrogen) atoms. The molecule has 4 aromatic rings. The normalized spacial score (nSPS) is 15.6. The molecule has 152 valence electrons. The van der Waals surface area contributed by atoms with Gasteiger partial charge in [-0.3, -0.25) is 0 Å². The first-order valence-electron chi connectivity index (χ1n) is 9.54. The van der Waals surface area contributed by atoms with Gasteiger partial charge in [0.1, 0.15) is 17.6 Å². The van der Waals surface area contributed by atoms with Crippen LogP contribution in [0.15, 0.2) is 59.4 Å². The predicted octanol–water partition coefficient (Wildman–Crippen LogP) is 3.89. The summed E-state index contributed by atoms with van der Waals surface area (Å²) >= 11 is 0. The second-order valence-corrected chi connectivity index (χ2v) is 6.89. The van der Waals surface area contributed by atoms with E-state index in [1.165, 1.54) is 0 Å². The van der Waals surface area contributed by atoms with Gasteiger partial charge in [0.05, 0.1) is 45.0 Å². The van der Waals surface area contributed by atoms with Gasteiger partial charge in [-0.05, 0) is 29.8 Å². The molecule has 8 nitrogen and oxygen atoms in total. The lowest BCUT2D eigenvalue weighted by Gasteiger charge is -2.25. The number of benzene rings is 2. The van der Waals surface area contributed by atoms with Crippen LogP contribution in [-0.4, -0.2) is 33.9 Å². The van der Waals surface area contributed by atoms with Gasteiger partial charge in [-0.2, -0.15) is 4.98 Å². The number of fused-ring (bicyclic) bond motifs is 1. The summed E-state index contributed by atoms with van der Waals surface area (Å²) in [7, 11) is 3.27. The standard InChI is InChI=1S/C22H20N4O4/c1-27-15-9-7-14(8-10-15)19-11-26-13-23-20(17(26)12-29-19)22-24-21(25-30-22)16-5-3-4-6-18(16)28-2/h3-10,13,19H,11-12H2,1-2H3. The van der Waals surface area contributed by atoms with Crippen molar-refractivity contribution in [1.29, 1.82) is 0 Å². The van der Waals surface area contributed by atoms with Gasteiger partial charge in [0.25, 0.3) is 5.89 Å². The first kappa shape index (κ1) is 18.4. The Morgan fingerprint density at radius 1 is 1.03 bits per heavy atom. The number of aromatic nitrogens is 4. The Balaban J connectivity index is 1.40. The summed E-state index contributed by atoms with van der Waals surface area (Å²) in [5.74, 6) is 2.32. The molecule has 1 unspecified atom stereocenters. The van der Waals surface area contributed by atoms with Crippen molar-refractivity contribution in [3.8, 4) is 34.5 Å². The highest BCUT2D eigenvalue weighted by Gasteiger charge is 2.27. The summed E-state index contributed by atoms with van der Waals surface area (Å²) in [6, 6.07) is 15.4. The average molecular weight is 404 g/mol. The molecule has 1 aliphatic rings. The van der Waals surface area contributed by atoms with E-state index >= 15 is 0 Å². The molecule has 0 saturated carbocycles. The molecule has 0 N–H and O–H groups in total. The Morgan fingerprint density at radius 2 is 1.87 bits per heavy atom. The van der Waals surface area contributed by atoms with E-state index in [-0.39, 0.29) is 6.10 Å². The second-order valence-electron chi connectivity index (χ2n) is 6.89. The molecule has 0 aliphatic carbocycles. The van der Waals surface area contributed by atoms with E-state index in [1.54, 1.807) is 20.5 Å². The zero-order chi connectivity index (χ0) is 20.5. The Morgan fingerprint density at radius 3 is 2.67 bits per heavy atom. The zero-order valence-corrected chi connectivity index (χ0v) is 16.6. The summed E-state index contributed by atoms with van der Waals surface area (Å²) in [5, 5.41) is 4.11. The van der Waals surface area contributed by atoms with Gasteiger partial charge in [-0.15, -0.1) is 0 Å². The number of hydrogen-bond donors (Lipinski definition) is 0. The van der Waals surface area contributed by atoms with Gasteiger partial charge in [-0.25, -0.2) is 4.98 Å². The van der Waals surface area contributed by atoms with Crippen molar-refractivity contribution in [3.63, 3.8) is 0 Å². The lowest BCUT2D eigenvalue weighted by molar-refractivity contribution is 0.00328. The van der Waals surface area contributed by atoms with E-state index in [9.17, 15) is 0 Å². The van der Waals surface area contributed by atoms with Crippen molar-refractivity contribution in [2.45, 2.75) is 19.3 Å². The maximum atomic E-state index is 6.10. The molecule has 8 heteroatoms. The van der Waals surface area contributed by atoms with Gasteiger partial charge in [-0.1, -0.05) is 29.4 Å². The first-order chi connectivity index (χ1) is 14.8. The lowest BCUT2D eigenvalue weighted by Crippen LogP contribution is -2.20. The smallest absolute Gasteiger partial charge is 0.278 e. The van der Waals surface area contributed by atoms with E-state index < -0.39 is 0 Å². The van der Waals surface area contributed by atoms with Crippen molar-refractivity contribution >= 4 is 0 Å². The third kappa shape index (κ3) is 3.21. The molecular weight excluding hydrogens is 384 g/mol. The number of hydrogen-bond acceptors (Lipinski definition) is 7. The largest absolute Gasteiger partial charge is 0.497 e. The molecule has 0 amide bonds. The molecule has 3 heterocycles. The highest BCUT2D eigenvalue weighted by Crippen LogP contribution is 2.33. The van der Waals surface area contributed by atoms with Crippen LogP contribution in [0.3, 0.4) is 0 Å². The van der Waals surface area contributed by atoms with Gasteiger partial charge < -0.3 is 23.3 Å². The highest BCUT2D eigenvalue weighted by atomic mass is 16.5. The van der Waals surface area contributed by atoms with Crippen LogP contribution >= 0.6 is 0 Å². The fraction of sp³-hybridized carbons (Fsp3) is 0.227. The number of rotatable bonds is 5. The summed E-state index contributed by atoms with van der Waals surface area (Å²) < 4.78 is 24.3. The SMILES string of the molecule is COc1ccc(C2Cn3cnc(-c4nc(-c5ccccc5OC)no4)c3CO2)cc1. The molecule has 0 fully saturated rings. The Bertz CT molecular complexity index is 1170. The number of methoxy groups -OCH3 is 2. The van der Waals surface area contributed by atoms with Crippen LogP contribution in [0.25, 0.3) is 23.0 Å². The van der Waals surface area contributed by atoms with E-state index in [0.29, 0.717) is 36.3 Å². The predicted molar refractivity (Wildman–Crippen MR) is 108 cm³/mol. The average Bonchev–Trinajstić information content (AvgIpc) is 3.45. The molecule has 0 bridgehead atoms. The third-order valence-corrected chi connectivity index (χ3v) is 5.19. The number of imidazole rings is 1. The van der Waals surface area contributed by atoms with E-state index in [2.05, 4.69) is 19.7 Å². The van der Waals surface area contributed by atoms with Gasteiger partial charge in [0, 0.05) is 0 Å². The summed E-state index contributed by atoms with van der Waals surface area (Å²) in [4.78, 5) is 9.04. The summed E-state index contributed by atoms with van der Waals surface area (Å²) in [6.07, 6.45) is 1.73. The molecule has 5 rings (SSSR count). The highest BCUT2D eigenvalue weighted by molar-refractivity contribution is 5.65. The Hall–Kier alpha value is -3.65. The van der Waals surface area contributed by atoms with Crippen LogP contribution in [0.1, 0.15) is 17.4 Å². The van der Waals surface area contributed by atoms with Crippen LogP contribution in [0.4, 0.5) is 0 Å². The van der Waals surface area contributed by atoms with Crippen LogP contribution in [0.5, 0.6) is 11.5 Å². The molecule has 2 aromatic carbocycles. The lowest BCUT2D eigenvalue weighted by atomic mass is 10.1. The van der Waals surface area contributed by atoms with Crippen molar-refractivity contribution in [1.82, 2.24) is 19.7 Å². The topological polar surface area (TPSA) is 84.4 Å². The van der Waals surface area contributed by atoms with Gasteiger partial charge in [0.2, 0.25) is 5.82 Å². The van der Waals surface area contributed by atoms with Crippen LogP contribution in [-0.2, 0) is 17.9 Å². The van der Waals surface area contributed by atoms with Crippen molar-refractivity contribution in [3.05, 3.63) is 66.1 Å². The summed E-state index contributed by atoms with van der Waals surface area (Å²) in [6.45, 7) is 1.06. The molecule has 1 aliphatic heterocycles. The van der Waals surface area contributed by atoms with Crippen LogP contribution in [0.2, 0.25) is 0 Å². The molecule has 0 radical (unpaired) electrons. The molecule has 0 saturated heterocycles. The summed E-state index contributed by atoms with van der Waals surface area (Å²) in [5.41, 5.74) is 3.40. The maximum absolute atomic E-state index is 6.10. The van der Waals surface area contributed by atoms with E-state index in [0.717, 1.165) is 22.6 Å². The maximum Gasteiger partial charge on any atom is 0.278 e. The van der Waals surface area contributed by atoms with Crippen molar-refractivity contribution in [2.75, 3.05) is 14.2 Å². The number of nitrogens with zero attached hydrogens (tertiary/aromatic N) is 4. The minimum Gasteiger partial charge on any atom is -0.497 e. The van der Waals surface area contributed by atoms with Gasteiger partial charge in [0.15, 0.2) is 5.69 Å². The van der Waals surface area contributed by atoms with Crippen LogP contribution in [0, 0.1) is 0 Å². The van der Waals surface area contributed by atoms with E-state index in [1.807, 2.05) is 48.5 Å². The Kier molecular flexibility index (Phi) is 4.68. The van der Waals surface area contributed by atoms with E-state index in [4.69, 9.17) is 18.7 Å². The Labute approximate surface area is 173 Å². The molecule has 1 atom stereocenters. The molecule has 2 aromatic heterocycles. The fourth-order valence-electron chi connectivity index (χ4n) is 3.58. The van der Waals surface area contributed by atoms with Gasteiger partial charge >= 0.3 is 0 Å². The molecular formula is C22H20N4O4. The third-order valence-electron chi connectivity index (χ3n) is 5.19. The first-order valence-corrected chi connectivity index (χ1v) is 9.54. The van der Waals surface area contributed by atoms with Crippen molar-refractivity contribution < 1.29 is 18.7 Å². The number of para-hydroxylation sites is 1. The number of ether oxygens (including phenoxy) is 3.